The van der Waals surface area contributed by atoms with Crippen molar-refractivity contribution in [2.45, 2.75) is 0 Å². The summed E-state index contributed by atoms with van der Waals surface area (Å²) in [6, 6.07) is 68.9. The third-order valence-corrected chi connectivity index (χ3v) is 12.1. The smallest absolute Gasteiger partial charge is 0.235 e. The Balaban J connectivity index is 1.06. The molecule has 13 rings (SSSR count). The van der Waals surface area contributed by atoms with Gasteiger partial charge in [0.25, 0.3) is 0 Å². The number of aromatic nitrogens is 4. The molecule has 0 unspecified atom stereocenters. The maximum atomic E-state index is 6.74. The van der Waals surface area contributed by atoms with Gasteiger partial charge in [0.1, 0.15) is 11.2 Å². The van der Waals surface area contributed by atoms with Crippen LogP contribution in [0.5, 0.6) is 0 Å². The van der Waals surface area contributed by atoms with Gasteiger partial charge in [0, 0.05) is 49.0 Å². The molecule has 274 valence electrons. The first-order chi connectivity index (χ1) is 29.3. The van der Waals surface area contributed by atoms with E-state index in [0.717, 1.165) is 82.4 Å². The molecule has 0 spiro atoms. The van der Waals surface area contributed by atoms with Crippen LogP contribution in [0.3, 0.4) is 0 Å². The maximum Gasteiger partial charge on any atom is 0.235 e. The number of rotatable bonds is 4. The normalized spacial score (nSPS) is 12.1. The van der Waals surface area contributed by atoms with Crippen molar-refractivity contribution < 1.29 is 4.42 Å². The molecule has 0 atom stereocenters. The van der Waals surface area contributed by atoms with Gasteiger partial charge in [-0.3, -0.25) is 4.57 Å². The van der Waals surface area contributed by atoms with Crippen LogP contribution < -0.4 is 0 Å². The van der Waals surface area contributed by atoms with Crippen molar-refractivity contribution >= 4 is 87.2 Å². The van der Waals surface area contributed by atoms with Gasteiger partial charge in [0.05, 0.1) is 33.3 Å². The fraction of sp³-hybridized carbons (Fsp3) is 0. The first-order valence-corrected chi connectivity index (χ1v) is 20.0. The molecule has 13 aromatic rings. The van der Waals surface area contributed by atoms with Crippen LogP contribution in [0.2, 0.25) is 0 Å². The lowest BCUT2D eigenvalue weighted by Gasteiger charge is -2.13. The fourth-order valence-corrected chi connectivity index (χ4v) is 9.50. The first-order valence-electron chi connectivity index (χ1n) is 20.0. The molecule has 0 radical (unpaired) electrons. The third kappa shape index (κ3) is 4.67. The highest BCUT2D eigenvalue weighted by atomic mass is 16.3. The van der Waals surface area contributed by atoms with Crippen LogP contribution >= 0.6 is 0 Å². The van der Waals surface area contributed by atoms with Crippen LogP contribution in [0, 0.1) is 0 Å². The molecule has 0 saturated heterocycles. The summed E-state index contributed by atoms with van der Waals surface area (Å²) >= 11 is 0. The van der Waals surface area contributed by atoms with Crippen molar-refractivity contribution in [3.8, 4) is 34.0 Å². The monoisotopic (exact) mass is 752 g/mol. The van der Waals surface area contributed by atoms with E-state index in [1.165, 1.54) is 32.9 Å². The Morgan fingerprint density at radius 3 is 1.83 bits per heavy atom. The molecule has 0 amide bonds. The summed E-state index contributed by atoms with van der Waals surface area (Å²) in [5.74, 6) is 0.611. The molecule has 59 heavy (non-hydrogen) atoms. The number of hydrogen-bond donors (Lipinski definition) is 0. The zero-order chi connectivity index (χ0) is 38.6. The van der Waals surface area contributed by atoms with Gasteiger partial charge in [0.15, 0.2) is 0 Å². The number of furan rings is 1. The van der Waals surface area contributed by atoms with Crippen LogP contribution in [0.1, 0.15) is 0 Å². The standard InChI is InChI=1S/C54H32N4O/c1-2-14-33(15-3-1)34-26-28-48-42(30-34)38-18-7-11-23-46(38)57(48)36-27-29-49-43(32-36)39-19-8-12-24-47(39)58(49)54-55-45-22-10-6-20-40(45)52(56-54)44-31-35-16-4-5-17-37(35)51-41-21-9-13-25-50(41)59-53(44)51/h1-32H. The number of fused-ring (bicyclic) bond motifs is 12. The molecule has 0 aliphatic heterocycles. The molecule has 0 aliphatic rings. The molecule has 9 aromatic carbocycles. The van der Waals surface area contributed by atoms with Gasteiger partial charge in [-0.05, 0) is 82.6 Å². The van der Waals surface area contributed by atoms with E-state index in [0.29, 0.717) is 5.95 Å². The van der Waals surface area contributed by atoms with E-state index in [1.54, 1.807) is 0 Å². The van der Waals surface area contributed by atoms with E-state index in [-0.39, 0.29) is 0 Å². The first kappa shape index (κ1) is 32.1. The summed E-state index contributed by atoms with van der Waals surface area (Å²) in [5.41, 5.74) is 12.3. The summed E-state index contributed by atoms with van der Waals surface area (Å²) < 4.78 is 11.4. The fourth-order valence-electron chi connectivity index (χ4n) is 9.50. The van der Waals surface area contributed by atoms with Gasteiger partial charge in [-0.25, -0.2) is 9.97 Å². The largest absolute Gasteiger partial charge is 0.455 e. The Hall–Kier alpha value is -8.02. The van der Waals surface area contributed by atoms with E-state index < -0.39 is 0 Å². The third-order valence-electron chi connectivity index (χ3n) is 12.1. The molecule has 0 bridgehead atoms. The van der Waals surface area contributed by atoms with Crippen molar-refractivity contribution in [3.05, 3.63) is 194 Å². The van der Waals surface area contributed by atoms with Gasteiger partial charge in [-0.15, -0.1) is 0 Å². The lowest BCUT2D eigenvalue weighted by molar-refractivity contribution is 0.670. The molecular weight excluding hydrogens is 721 g/mol. The Morgan fingerprint density at radius 1 is 0.390 bits per heavy atom. The minimum Gasteiger partial charge on any atom is -0.455 e. The average molecular weight is 753 g/mol. The van der Waals surface area contributed by atoms with E-state index in [9.17, 15) is 0 Å². The van der Waals surface area contributed by atoms with Crippen LogP contribution in [0.25, 0.3) is 121 Å². The van der Waals surface area contributed by atoms with Gasteiger partial charge < -0.3 is 8.98 Å². The van der Waals surface area contributed by atoms with Gasteiger partial charge in [-0.2, -0.15) is 0 Å². The zero-order valence-electron chi connectivity index (χ0n) is 31.7. The van der Waals surface area contributed by atoms with Gasteiger partial charge in [-0.1, -0.05) is 133 Å². The van der Waals surface area contributed by atoms with E-state index in [1.807, 2.05) is 18.2 Å². The minimum atomic E-state index is 0.611. The second-order valence-corrected chi connectivity index (χ2v) is 15.3. The molecular formula is C54H32N4O. The zero-order valence-corrected chi connectivity index (χ0v) is 31.7. The second kappa shape index (κ2) is 12.2. The van der Waals surface area contributed by atoms with Crippen LogP contribution in [0.4, 0.5) is 0 Å². The second-order valence-electron chi connectivity index (χ2n) is 15.3. The predicted octanol–water partition coefficient (Wildman–Crippen LogP) is 14.2. The van der Waals surface area contributed by atoms with Crippen molar-refractivity contribution in [2.24, 2.45) is 0 Å². The van der Waals surface area contributed by atoms with Crippen molar-refractivity contribution in [2.75, 3.05) is 0 Å². The lowest BCUT2D eigenvalue weighted by Crippen LogP contribution is -2.03. The van der Waals surface area contributed by atoms with Crippen molar-refractivity contribution in [1.29, 1.82) is 0 Å². The van der Waals surface area contributed by atoms with Crippen molar-refractivity contribution in [1.82, 2.24) is 19.1 Å². The van der Waals surface area contributed by atoms with E-state index in [4.69, 9.17) is 14.4 Å². The molecule has 5 nitrogen and oxygen atoms in total. The molecule has 0 fully saturated rings. The summed E-state index contributed by atoms with van der Waals surface area (Å²) in [7, 11) is 0. The number of nitrogens with zero attached hydrogens (tertiary/aromatic N) is 4. The summed E-state index contributed by atoms with van der Waals surface area (Å²) in [5, 5.41) is 10.2. The van der Waals surface area contributed by atoms with Crippen molar-refractivity contribution in [3.63, 3.8) is 0 Å². The topological polar surface area (TPSA) is 48.8 Å². The van der Waals surface area contributed by atoms with Crippen LogP contribution in [0.15, 0.2) is 199 Å². The molecule has 0 saturated carbocycles. The summed E-state index contributed by atoms with van der Waals surface area (Å²) in [4.78, 5) is 10.8. The SMILES string of the molecule is c1ccc(-c2ccc3c(c2)c2ccccc2n3-c2ccc3c(c2)c2ccccc2n3-c2nc(-c3cc4ccccc4c4c3oc3ccccc34)c3ccccc3n2)cc1. The highest BCUT2D eigenvalue weighted by molar-refractivity contribution is 6.23. The Labute approximate surface area is 337 Å². The molecule has 0 aliphatic carbocycles. The quantitative estimate of drug-likeness (QED) is 0.180. The highest BCUT2D eigenvalue weighted by Gasteiger charge is 2.22. The van der Waals surface area contributed by atoms with E-state index >= 15 is 0 Å². The Bertz CT molecular complexity index is 3850. The van der Waals surface area contributed by atoms with Crippen LogP contribution in [-0.2, 0) is 0 Å². The average Bonchev–Trinajstić information content (AvgIpc) is 3.96. The summed E-state index contributed by atoms with van der Waals surface area (Å²) in [6.45, 7) is 0. The predicted molar refractivity (Wildman–Crippen MR) is 244 cm³/mol. The number of benzene rings is 9. The minimum absolute atomic E-state index is 0.611. The lowest BCUT2D eigenvalue weighted by atomic mass is 9.97. The summed E-state index contributed by atoms with van der Waals surface area (Å²) in [6.07, 6.45) is 0. The number of para-hydroxylation sites is 4. The van der Waals surface area contributed by atoms with Gasteiger partial charge >= 0.3 is 0 Å². The Kier molecular flexibility index (Phi) is 6.66. The van der Waals surface area contributed by atoms with E-state index in [2.05, 4.69) is 185 Å². The molecule has 5 heteroatoms. The van der Waals surface area contributed by atoms with Crippen LogP contribution in [-0.4, -0.2) is 19.1 Å². The highest BCUT2D eigenvalue weighted by Crippen LogP contribution is 2.43. The molecule has 4 aromatic heterocycles. The maximum absolute atomic E-state index is 6.74. The van der Waals surface area contributed by atoms with Gasteiger partial charge in [0.2, 0.25) is 5.95 Å². The number of hydrogen-bond acceptors (Lipinski definition) is 3. The Morgan fingerprint density at radius 2 is 1.00 bits per heavy atom. The molecule has 0 N–H and O–H groups in total. The molecule has 4 heterocycles.